The van der Waals surface area contributed by atoms with Gasteiger partial charge in [-0.15, -0.1) is 0 Å². The van der Waals surface area contributed by atoms with Crippen LogP contribution in [-0.4, -0.2) is 46.1 Å². The Morgan fingerprint density at radius 2 is 1.92 bits per heavy atom. The number of carbonyl (C=O) groups is 2. The molecule has 1 saturated heterocycles. The van der Waals surface area contributed by atoms with Crippen LogP contribution >= 0.6 is 0 Å². The van der Waals surface area contributed by atoms with Gasteiger partial charge in [0, 0.05) is 6.54 Å². The summed E-state index contributed by atoms with van der Waals surface area (Å²) in [5, 5.41) is 9.12. The topological polar surface area (TPSA) is 79.7 Å². The van der Waals surface area contributed by atoms with Crippen LogP contribution in [0.3, 0.4) is 0 Å². The first kappa shape index (κ1) is 17.1. The largest absolute Gasteiger partial charge is 0.478 e. The molecule has 25 heavy (non-hydrogen) atoms. The summed E-state index contributed by atoms with van der Waals surface area (Å²) in [6.45, 7) is 4.40. The van der Waals surface area contributed by atoms with E-state index in [0.717, 1.165) is 5.56 Å². The van der Waals surface area contributed by atoms with Gasteiger partial charge in [-0.1, -0.05) is 30.3 Å². The maximum absolute atomic E-state index is 13.0. The van der Waals surface area contributed by atoms with Crippen molar-refractivity contribution in [2.45, 2.75) is 26.0 Å². The van der Waals surface area contributed by atoms with Crippen LogP contribution in [0.1, 0.15) is 45.1 Å². The number of aromatic nitrogens is 1. The number of amides is 1. The molecule has 1 aliphatic heterocycles. The fourth-order valence-electron chi connectivity index (χ4n) is 3.03. The van der Waals surface area contributed by atoms with Gasteiger partial charge >= 0.3 is 5.97 Å². The number of hydrogen-bond donors (Lipinski definition) is 1. The summed E-state index contributed by atoms with van der Waals surface area (Å²) < 4.78 is 5.74. The van der Waals surface area contributed by atoms with Crippen LogP contribution in [-0.2, 0) is 4.74 Å². The van der Waals surface area contributed by atoms with Crippen molar-refractivity contribution < 1.29 is 19.4 Å². The number of carbonyl (C=O) groups excluding carboxylic acids is 1. The Morgan fingerprint density at radius 1 is 1.20 bits per heavy atom. The Hall–Kier alpha value is -2.73. The number of ether oxygens (including phenoxy) is 1. The molecule has 1 aromatic heterocycles. The van der Waals surface area contributed by atoms with Gasteiger partial charge in [-0.3, -0.25) is 4.79 Å². The highest BCUT2D eigenvalue weighted by Crippen LogP contribution is 2.27. The zero-order valence-corrected chi connectivity index (χ0v) is 14.2. The SMILES string of the molecule is Cc1nc(C(=O)N2CC(C)OCC2c2ccccc2)ccc1C(=O)O. The van der Waals surface area contributed by atoms with Gasteiger partial charge in [0.15, 0.2) is 0 Å². The number of morpholine rings is 1. The molecule has 1 aliphatic rings. The molecule has 2 atom stereocenters. The van der Waals surface area contributed by atoms with Gasteiger partial charge < -0.3 is 14.7 Å². The van der Waals surface area contributed by atoms with Gasteiger partial charge in [-0.2, -0.15) is 0 Å². The Balaban J connectivity index is 1.92. The standard InChI is InChI=1S/C19H20N2O4/c1-12-10-21(17(11-25-12)14-6-4-3-5-7-14)18(22)16-9-8-15(19(23)24)13(2)20-16/h3-9,12,17H,10-11H2,1-2H3,(H,23,24). The molecule has 2 unspecified atom stereocenters. The summed E-state index contributed by atoms with van der Waals surface area (Å²) in [4.78, 5) is 30.1. The number of pyridine rings is 1. The summed E-state index contributed by atoms with van der Waals surface area (Å²) in [6.07, 6.45) is -0.0664. The van der Waals surface area contributed by atoms with Crippen molar-refractivity contribution in [3.8, 4) is 0 Å². The van der Waals surface area contributed by atoms with Crippen LogP contribution < -0.4 is 0 Å². The summed E-state index contributed by atoms with van der Waals surface area (Å²) in [7, 11) is 0. The van der Waals surface area contributed by atoms with E-state index < -0.39 is 5.97 Å². The van der Waals surface area contributed by atoms with E-state index in [1.807, 2.05) is 37.3 Å². The highest BCUT2D eigenvalue weighted by molar-refractivity contribution is 5.94. The third-order valence-electron chi connectivity index (χ3n) is 4.35. The van der Waals surface area contributed by atoms with E-state index in [-0.39, 0.29) is 29.3 Å². The first-order chi connectivity index (χ1) is 12.0. The van der Waals surface area contributed by atoms with E-state index in [9.17, 15) is 9.59 Å². The second-order valence-electron chi connectivity index (χ2n) is 6.16. The second-order valence-corrected chi connectivity index (χ2v) is 6.16. The fraction of sp³-hybridized carbons (Fsp3) is 0.316. The van der Waals surface area contributed by atoms with E-state index in [2.05, 4.69) is 4.98 Å². The average molecular weight is 340 g/mol. The van der Waals surface area contributed by atoms with E-state index >= 15 is 0 Å². The number of benzene rings is 1. The van der Waals surface area contributed by atoms with Crippen LogP contribution in [0.2, 0.25) is 0 Å². The molecule has 0 spiro atoms. The number of hydrogen-bond acceptors (Lipinski definition) is 4. The number of nitrogens with zero attached hydrogens (tertiary/aromatic N) is 2. The Bertz CT molecular complexity index is 791. The average Bonchev–Trinajstić information content (AvgIpc) is 2.61. The third-order valence-corrected chi connectivity index (χ3v) is 4.35. The van der Waals surface area contributed by atoms with Gasteiger partial charge in [0.25, 0.3) is 5.91 Å². The molecular formula is C19H20N2O4. The van der Waals surface area contributed by atoms with Crippen molar-refractivity contribution in [3.63, 3.8) is 0 Å². The van der Waals surface area contributed by atoms with E-state index in [1.165, 1.54) is 12.1 Å². The predicted molar refractivity (Wildman–Crippen MR) is 91.6 cm³/mol. The predicted octanol–water partition coefficient (Wildman–Crippen LogP) is 2.69. The Morgan fingerprint density at radius 3 is 2.56 bits per heavy atom. The molecule has 1 fully saturated rings. The smallest absolute Gasteiger partial charge is 0.337 e. The molecule has 0 bridgehead atoms. The lowest BCUT2D eigenvalue weighted by Gasteiger charge is -2.38. The van der Waals surface area contributed by atoms with E-state index in [1.54, 1.807) is 11.8 Å². The highest BCUT2D eigenvalue weighted by atomic mass is 16.5. The maximum atomic E-state index is 13.0. The van der Waals surface area contributed by atoms with Gasteiger partial charge in [-0.05, 0) is 31.5 Å². The lowest BCUT2D eigenvalue weighted by Crippen LogP contribution is -2.47. The number of aryl methyl sites for hydroxylation is 1. The molecule has 2 aromatic rings. The number of carboxylic acid groups (broad SMARTS) is 1. The molecule has 2 heterocycles. The molecule has 3 rings (SSSR count). The summed E-state index contributed by atoms with van der Waals surface area (Å²) >= 11 is 0. The van der Waals surface area contributed by atoms with Crippen LogP contribution in [0.4, 0.5) is 0 Å². The molecule has 130 valence electrons. The first-order valence-electron chi connectivity index (χ1n) is 8.16. The molecule has 6 nitrogen and oxygen atoms in total. The first-order valence-corrected chi connectivity index (χ1v) is 8.16. The molecule has 6 heteroatoms. The quantitative estimate of drug-likeness (QED) is 0.929. The minimum atomic E-state index is -1.05. The monoisotopic (exact) mass is 340 g/mol. The summed E-state index contributed by atoms with van der Waals surface area (Å²) in [6, 6.07) is 12.4. The fourth-order valence-corrected chi connectivity index (χ4v) is 3.03. The number of rotatable bonds is 3. The molecule has 1 aromatic carbocycles. The van der Waals surface area contributed by atoms with Crippen LogP contribution in [0, 0.1) is 6.92 Å². The van der Waals surface area contributed by atoms with E-state index in [0.29, 0.717) is 18.8 Å². The minimum absolute atomic E-state index is 0.0664. The van der Waals surface area contributed by atoms with Crippen LogP contribution in [0.15, 0.2) is 42.5 Å². The number of aromatic carboxylic acids is 1. The van der Waals surface area contributed by atoms with Crippen molar-refractivity contribution in [3.05, 3.63) is 65.0 Å². The minimum Gasteiger partial charge on any atom is -0.478 e. The van der Waals surface area contributed by atoms with Crippen LogP contribution in [0.5, 0.6) is 0 Å². The van der Waals surface area contributed by atoms with Crippen molar-refractivity contribution in [2.75, 3.05) is 13.2 Å². The van der Waals surface area contributed by atoms with Gasteiger partial charge in [0.05, 0.1) is 30.0 Å². The third kappa shape index (κ3) is 3.53. The lowest BCUT2D eigenvalue weighted by atomic mass is 10.0. The van der Waals surface area contributed by atoms with Crippen molar-refractivity contribution >= 4 is 11.9 Å². The molecule has 0 saturated carbocycles. The van der Waals surface area contributed by atoms with Crippen molar-refractivity contribution in [1.29, 1.82) is 0 Å². The zero-order chi connectivity index (χ0) is 18.0. The van der Waals surface area contributed by atoms with Crippen LogP contribution in [0.25, 0.3) is 0 Å². The van der Waals surface area contributed by atoms with Crippen molar-refractivity contribution in [1.82, 2.24) is 9.88 Å². The Labute approximate surface area is 146 Å². The summed E-state index contributed by atoms with van der Waals surface area (Å²) in [5.41, 5.74) is 1.68. The molecule has 1 amide bonds. The highest BCUT2D eigenvalue weighted by Gasteiger charge is 2.33. The normalized spacial score (nSPS) is 20.3. The second kappa shape index (κ2) is 7.03. The molecule has 0 radical (unpaired) electrons. The van der Waals surface area contributed by atoms with Gasteiger partial charge in [0.1, 0.15) is 5.69 Å². The van der Waals surface area contributed by atoms with E-state index in [4.69, 9.17) is 9.84 Å². The molecule has 0 aliphatic carbocycles. The lowest BCUT2D eigenvalue weighted by molar-refractivity contribution is -0.0449. The van der Waals surface area contributed by atoms with Gasteiger partial charge in [-0.25, -0.2) is 9.78 Å². The van der Waals surface area contributed by atoms with Gasteiger partial charge in [0.2, 0.25) is 0 Å². The zero-order valence-electron chi connectivity index (χ0n) is 14.2. The maximum Gasteiger partial charge on any atom is 0.337 e. The number of carboxylic acids is 1. The molecule has 1 N–H and O–H groups in total. The Kier molecular flexibility index (Phi) is 4.81. The van der Waals surface area contributed by atoms with Crippen molar-refractivity contribution in [2.24, 2.45) is 0 Å². The molecular weight excluding hydrogens is 320 g/mol. The summed E-state index contributed by atoms with van der Waals surface area (Å²) in [5.74, 6) is -1.27.